The van der Waals surface area contributed by atoms with Gasteiger partial charge < -0.3 is 8.83 Å². The molecule has 4 aromatic carbocycles. The normalized spacial score (nSPS) is 11.3. The summed E-state index contributed by atoms with van der Waals surface area (Å²) in [4.78, 5) is 18.2. The van der Waals surface area contributed by atoms with Gasteiger partial charge in [0.15, 0.2) is 17.1 Å². The van der Waals surface area contributed by atoms with Crippen LogP contribution >= 0.6 is 40.1 Å². The molecular weight excluding hydrogens is 636 g/mol. The quantitative estimate of drug-likeness (QED) is 0.134. The first kappa shape index (κ1) is 31.3. The number of nitrogens with zero attached hydrogens (tertiary/aromatic N) is 4. The first-order valence-corrected chi connectivity index (χ1v) is 16.7. The number of benzene rings is 4. The Kier molecular flexibility index (Phi) is 10.1. The molecule has 1 atom stereocenters. The van der Waals surface area contributed by atoms with E-state index in [1.807, 2.05) is 50.2 Å². The predicted molar refractivity (Wildman–Crippen MR) is 193 cm³/mol. The largest absolute Gasteiger partial charge is 0.441 e. The van der Waals surface area contributed by atoms with Gasteiger partial charge in [-0.05, 0) is 51.1 Å². The molecule has 0 fully saturated rings. The van der Waals surface area contributed by atoms with Crippen molar-refractivity contribution in [3.8, 4) is 22.0 Å². The second-order valence-electron chi connectivity index (χ2n) is 9.92. The molecule has 45 heavy (non-hydrogen) atoms. The van der Waals surface area contributed by atoms with Crippen LogP contribution in [-0.2, 0) is 4.57 Å². The molecule has 0 aliphatic carbocycles. The van der Waals surface area contributed by atoms with E-state index in [0.717, 1.165) is 43.2 Å². The van der Waals surface area contributed by atoms with Gasteiger partial charge in [0.05, 0.1) is 41.3 Å². The number of rotatable bonds is 2. The number of hydrogen-bond donors (Lipinski definition) is 0. The van der Waals surface area contributed by atoms with E-state index in [2.05, 4.69) is 80.3 Å². The van der Waals surface area contributed by atoms with Crippen LogP contribution in [0, 0.1) is 27.7 Å². The van der Waals surface area contributed by atoms with Crippen LogP contribution in [0.2, 0.25) is 0 Å². The zero-order valence-electron chi connectivity index (χ0n) is 25.9. The lowest BCUT2D eigenvalue weighted by molar-refractivity contribution is 0.560. The van der Waals surface area contributed by atoms with E-state index in [0.29, 0.717) is 17.4 Å². The Morgan fingerprint density at radius 3 is 1.89 bits per heavy atom. The molecule has 4 radical (unpaired) electrons. The maximum atomic E-state index is 8.68. The monoisotopic (exact) mass is 664 g/mol. The molecule has 0 saturated carbocycles. The van der Waals surface area contributed by atoms with E-state index in [1.165, 1.54) is 26.1 Å². The molecular formula is C32H26B2N4O3P2S2. The summed E-state index contributed by atoms with van der Waals surface area (Å²) in [6.45, 7) is 8.03. The second-order valence-corrected chi connectivity index (χ2v) is 12.4. The Bertz CT molecular complexity index is 1990. The van der Waals surface area contributed by atoms with Gasteiger partial charge in [0.2, 0.25) is 13.5 Å². The lowest BCUT2D eigenvalue weighted by Gasteiger charge is -1.95. The van der Waals surface area contributed by atoms with E-state index < -0.39 is 0 Å². The Labute approximate surface area is 276 Å². The van der Waals surface area contributed by atoms with Gasteiger partial charge in [-0.15, -0.1) is 22.7 Å². The number of fused-ring (bicyclic) bond motifs is 4. The van der Waals surface area contributed by atoms with Crippen LogP contribution in [-0.4, -0.2) is 36.3 Å². The van der Waals surface area contributed by atoms with Gasteiger partial charge in [-0.25, -0.2) is 19.9 Å². The third-order valence-corrected chi connectivity index (χ3v) is 8.61. The highest BCUT2D eigenvalue weighted by molar-refractivity contribution is 7.55. The fourth-order valence-electron chi connectivity index (χ4n) is 4.57. The molecule has 0 aliphatic rings. The van der Waals surface area contributed by atoms with Crippen molar-refractivity contribution in [3.05, 3.63) is 94.8 Å². The number of aromatic nitrogens is 4. The first-order valence-electron chi connectivity index (χ1n) is 14.1. The average Bonchev–Trinajstić information content (AvgIpc) is 3.79. The molecule has 13 heteroatoms. The Morgan fingerprint density at radius 1 is 0.711 bits per heavy atom. The Hall–Kier alpha value is -3.74. The smallest absolute Gasteiger partial charge is 0.227 e. The minimum atomic E-state index is -0.333. The fourth-order valence-corrected chi connectivity index (χ4v) is 6.40. The summed E-state index contributed by atoms with van der Waals surface area (Å²) in [5, 5.41) is 2.19. The fraction of sp³-hybridized carbons (Fsp3) is 0.125. The number of aryl methyl sites for hydroxylation is 4. The van der Waals surface area contributed by atoms with Crippen LogP contribution < -0.4 is 0 Å². The standard InChI is InChI=1S/C16H12N2O2.C16H12N2S2.BOP.BH2P/c1-9-3-5-11(6-4-9)16-18-13-7-12-14(8-15(13)20-16)19-10(2)17-12;1-9-3-5-11(6-4-9)16-18-13-8-14-12(7-15(13)20-16)17-10(2)19-14;1-3-2;1-2/h2*3-8H,1-2H3;;2H2/i;;;2T. The third-order valence-electron chi connectivity index (χ3n) is 6.61. The summed E-state index contributed by atoms with van der Waals surface area (Å²) in [6, 6.07) is 24.7. The average molecular weight is 664 g/mol. The summed E-state index contributed by atoms with van der Waals surface area (Å²) < 4.78 is 28.4. The molecule has 0 saturated heterocycles. The molecule has 8 aromatic rings. The van der Waals surface area contributed by atoms with Gasteiger partial charge in [0, 0.05) is 25.4 Å². The summed E-state index contributed by atoms with van der Waals surface area (Å²) in [5.74, 6) is 1.26. The van der Waals surface area contributed by atoms with Gasteiger partial charge in [0.1, 0.15) is 16.0 Å². The molecule has 4 aromatic heterocycles. The summed E-state index contributed by atoms with van der Waals surface area (Å²) in [7, 11) is 8.31. The first-order chi connectivity index (χ1) is 22.2. The van der Waals surface area contributed by atoms with Gasteiger partial charge in [-0.2, -0.15) is 9.06 Å². The molecule has 0 amide bonds. The number of thiazole rings is 2. The predicted octanol–water partition coefficient (Wildman–Crippen LogP) is 9.75. The van der Waals surface area contributed by atoms with Crippen molar-refractivity contribution < 1.29 is 13.4 Å². The minimum absolute atomic E-state index is 0.167. The van der Waals surface area contributed by atoms with E-state index in [9.17, 15) is 0 Å². The lowest BCUT2D eigenvalue weighted by atomic mass is 10.1. The maximum Gasteiger partial charge on any atom is 0.227 e. The van der Waals surface area contributed by atoms with E-state index in [4.69, 9.17) is 19.7 Å². The number of oxazole rings is 2. The van der Waals surface area contributed by atoms with Crippen LogP contribution in [0.3, 0.4) is 0 Å². The van der Waals surface area contributed by atoms with Crippen molar-refractivity contribution in [2.75, 3.05) is 0 Å². The zero-order valence-corrected chi connectivity index (χ0v) is 28.4. The van der Waals surface area contributed by atoms with E-state index in [1.54, 1.807) is 22.7 Å². The molecule has 7 nitrogen and oxygen atoms in total. The summed E-state index contributed by atoms with van der Waals surface area (Å²) in [6.07, 6.45) is 0. The molecule has 0 N–H and O–H groups in total. The van der Waals surface area contributed by atoms with Gasteiger partial charge in [0.25, 0.3) is 0 Å². The zero-order chi connectivity index (χ0) is 32.8. The van der Waals surface area contributed by atoms with E-state index in [-0.39, 0.29) is 17.4 Å². The minimum Gasteiger partial charge on any atom is -0.441 e. The van der Waals surface area contributed by atoms with Gasteiger partial charge in [-0.1, -0.05) is 47.5 Å². The van der Waals surface area contributed by atoms with Crippen molar-refractivity contribution in [2.24, 2.45) is 0 Å². The van der Waals surface area contributed by atoms with Crippen molar-refractivity contribution >= 4 is 97.8 Å². The highest BCUT2D eigenvalue weighted by Gasteiger charge is 2.12. The summed E-state index contributed by atoms with van der Waals surface area (Å²) >= 11 is 3.46. The van der Waals surface area contributed by atoms with E-state index >= 15 is 0 Å². The molecule has 0 aliphatic heterocycles. The van der Waals surface area contributed by atoms with Crippen molar-refractivity contribution in [2.45, 2.75) is 27.7 Å². The Morgan fingerprint density at radius 2 is 1.24 bits per heavy atom. The van der Waals surface area contributed by atoms with Crippen molar-refractivity contribution in [1.29, 1.82) is 1.28 Å². The second kappa shape index (κ2) is 14.6. The maximum absolute atomic E-state index is 8.68. The summed E-state index contributed by atoms with van der Waals surface area (Å²) in [5.41, 5.74) is 9.82. The highest BCUT2D eigenvalue weighted by Crippen LogP contribution is 2.34. The topological polar surface area (TPSA) is 94.9 Å². The molecule has 4 heterocycles. The van der Waals surface area contributed by atoms with Crippen LogP contribution in [0.25, 0.3) is 64.7 Å². The Balaban J connectivity index is 0.000000155. The molecule has 220 valence electrons. The van der Waals surface area contributed by atoms with Crippen LogP contribution in [0.15, 0.2) is 81.6 Å². The van der Waals surface area contributed by atoms with Gasteiger partial charge in [-0.3, -0.25) is 4.57 Å². The van der Waals surface area contributed by atoms with Crippen molar-refractivity contribution in [1.82, 2.24) is 19.9 Å². The van der Waals surface area contributed by atoms with Crippen LogP contribution in [0.1, 0.15) is 22.0 Å². The molecule has 0 bridgehead atoms. The molecule has 8 rings (SSSR count). The van der Waals surface area contributed by atoms with Crippen LogP contribution in [0.4, 0.5) is 0 Å². The SMILES string of the molecule is Cc1ccc(-c2nc3cc4nc(C)oc4cc3o2)cc1.Cc1ccc(-c2nc3cc4sc(C)nc4cc3s2)cc1.[3H]P[B].[B]P=O. The highest BCUT2D eigenvalue weighted by atomic mass is 32.1. The molecule has 0 spiro atoms. The lowest BCUT2D eigenvalue weighted by Crippen LogP contribution is -1.77. The molecule has 1 unspecified atom stereocenters. The van der Waals surface area contributed by atoms with Crippen LogP contribution in [0.5, 0.6) is 0 Å². The van der Waals surface area contributed by atoms with Crippen molar-refractivity contribution in [3.63, 3.8) is 0 Å². The number of hydrogen-bond acceptors (Lipinski definition) is 9. The van der Waals surface area contributed by atoms with Gasteiger partial charge >= 0.3 is 0 Å². The third kappa shape index (κ3) is 7.57.